The molecule has 0 aromatic heterocycles. The first-order chi connectivity index (χ1) is 4.89. The molecule has 1 rings (SSSR count). The van der Waals surface area contributed by atoms with Gasteiger partial charge in [0.05, 0.1) is 31.2 Å². The largest absolute Gasteiger partial charge is 0.0760 e. The van der Waals surface area contributed by atoms with E-state index in [9.17, 15) is 0 Å². The molecule has 1 heteroatoms. The highest BCUT2D eigenvalue weighted by molar-refractivity contribution is 7.82. The SMILES string of the molecule is CC1=C(C)[P+](C)(C)C(C)=C1C. The molecule has 0 radical (unpaired) electrons. The van der Waals surface area contributed by atoms with Gasteiger partial charge in [-0.2, -0.15) is 0 Å². The lowest BCUT2D eigenvalue weighted by atomic mass is 10.1. The molecule has 0 spiro atoms. The monoisotopic (exact) mass is 169 g/mol. The van der Waals surface area contributed by atoms with Gasteiger partial charge in [0, 0.05) is 0 Å². The first-order valence-electron chi connectivity index (χ1n) is 4.09. The van der Waals surface area contributed by atoms with Crippen LogP contribution in [-0.2, 0) is 0 Å². The Morgan fingerprint density at radius 1 is 0.727 bits per heavy atom. The van der Waals surface area contributed by atoms with Crippen LogP contribution in [0.1, 0.15) is 27.7 Å². The fraction of sp³-hybridized carbons (Fsp3) is 0.600. The van der Waals surface area contributed by atoms with Crippen LogP contribution in [0, 0.1) is 0 Å². The van der Waals surface area contributed by atoms with E-state index in [1.807, 2.05) is 0 Å². The molecular weight excluding hydrogens is 151 g/mol. The molecule has 11 heavy (non-hydrogen) atoms. The van der Waals surface area contributed by atoms with Crippen molar-refractivity contribution in [3.8, 4) is 0 Å². The van der Waals surface area contributed by atoms with Gasteiger partial charge in [0.25, 0.3) is 0 Å². The maximum Gasteiger partial charge on any atom is 0.0760 e. The third-order valence-electron chi connectivity index (χ3n) is 3.32. The van der Waals surface area contributed by atoms with E-state index in [4.69, 9.17) is 0 Å². The van der Waals surface area contributed by atoms with Gasteiger partial charge in [-0.3, -0.25) is 0 Å². The number of hydrogen-bond acceptors (Lipinski definition) is 0. The Kier molecular flexibility index (Phi) is 2.01. The summed E-state index contributed by atoms with van der Waals surface area (Å²) in [6.45, 7) is 13.9. The van der Waals surface area contributed by atoms with Crippen LogP contribution in [0.15, 0.2) is 21.8 Å². The van der Waals surface area contributed by atoms with Gasteiger partial charge in [0.15, 0.2) is 0 Å². The molecule has 0 saturated heterocycles. The van der Waals surface area contributed by atoms with E-state index in [1.54, 1.807) is 21.8 Å². The average molecular weight is 169 g/mol. The van der Waals surface area contributed by atoms with E-state index < -0.39 is 7.26 Å². The van der Waals surface area contributed by atoms with Gasteiger partial charge in [0.1, 0.15) is 0 Å². The summed E-state index contributed by atoms with van der Waals surface area (Å²) < 4.78 is 0. The second-order valence-electron chi connectivity index (χ2n) is 3.87. The molecule has 1 heterocycles. The molecule has 0 aromatic carbocycles. The van der Waals surface area contributed by atoms with Crippen LogP contribution in [0.25, 0.3) is 0 Å². The summed E-state index contributed by atoms with van der Waals surface area (Å²) in [4.78, 5) is 0. The lowest BCUT2D eigenvalue weighted by Crippen LogP contribution is -1.86. The van der Waals surface area contributed by atoms with Gasteiger partial charge in [-0.15, -0.1) is 0 Å². The molecule has 0 nitrogen and oxygen atoms in total. The molecule has 0 aromatic rings. The number of allylic oxidation sites excluding steroid dienone is 4. The molecule has 0 fully saturated rings. The van der Waals surface area contributed by atoms with E-state index >= 15 is 0 Å². The van der Waals surface area contributed by atoms with Crippen LogP contribution in [0.5, 0.6) is 0 Å². The standard InChI is InChI=1S/C10H18P/c1-7-8(2)10(4)11(5,6)9(7)3/h1-6H3/q+1. The molecule has 1 aliphatic rings. The van der Waals surface area contributed by atoms with Crippen molar-refractivity contribution in [2.24, 2.45) is 0 Å². The topological polar surface area (TPSA) is 0 Å². The Balaban J connectivity index is 3.27. The van der Waals surface area contributed by atoms with E-state index in [1.165, 1.54) is 0 Å². The van der Waals surface area contributed by atoms with E-state index in [-0.39, 0.29) is 0 Å². The minimum atomic E-state index is -0.828. The Bertz CT molecular complexity index is 228. The summed E-state index contributed by atoms with van der Waals surface area (Å²) in [5.41, 5.74) is 3.08. The molecule has 0 aliphatic carbocycles. The number of rotatable bonds is 0. The zero-order valence-electron chi connectivity index (χ0n) is 8.45. The van der Waals surface area contributed by atoms with Crippen LogP contribution in [0.2, 0.25) is 0 Å². The fourth-order valence-electron chi connectivity index (χ4n) is 1.63. The minimum absolute atomic E-state index is 0.828. The quantitative estimate of drug-likeness (QED) is 0.483. The second-order valence-corrected chi connectivity index (χ2v) is 8.12. The van der Waals surface area contributed by atoms with Crippen molar-refractivity contribution in [1.82, 2.24) is 0 Å². The first-order valence-corrected chi connectivity index (χ1v) is 6.77. The predicted octanol–water partition coefficient (Wildman–Crippen LogP) is 3.87. The molecule has 0 saturated carbocycles. The van der Waals surface area contributed by atoms with Crippen molar-refractivity contribution < 1.29 is 0 Å². The van der Waals surface area contributed by atoms with Crippen LogP contribution in [0.4, 0.5) is 0 Å². The molecule has 0 bridgehead atoms. The van der Waals surface area contributed by atoms with Crippen molar-refractivity contribution in [2.45, 2.75) is 27.7 Å². The fourth-order valence-corrected chi connectivity index (χ4v) is 4.15. The number of hydrogen-bond donors (Lipinski definition) is 0. The summed E-state index contributed by atoms with van der Waals surface area (Å²) in [7, 11) is -0.828. The highest BCUT2D eigenvalue weighted by Crippen LogP contribution is 2.71. The summed E-state index contributed by atoms with van der Waals surface area (Å²) in [6.07, 6.45) is 0. The van der Waals surface area contributed by atoms with Crippen LogP contribution >= 0.6 is 7.26 Å². The second kappa shape index (κ2) is 2.45. The molecule has 62 valence electrons. The Morgan fingerprint density at radius 3 is 1.09 bits per heavy atom. The van der Waals surface area contributed by atoms with E-state index in [0.717, 1.165) is 0 Å². The zero-order valence-corrected chi connectivity index (χ0v) is 9.34. The molecule has 1 aliphatic heterocycles. The summed E-state index contributed by atoms with van der Waals surface area (Å²) in [5, 5.41) is 3.29. The summed E-state index contributed by atoms with van der Waals surface area (Å²) >= 11 is 0. The van der Waals surface area contributed by atoms with Crippen LogP contribution in [-0.4, -0.2) is 13.3 Å². The molecule has 0 unspecified atom stereocenters. The predicted molar refractivity (Wildman–Crippen MR) is 55.5 cm³/mol. The van der Waals surface area contributed by atoms with Crippen LogP contribution < -0.4 is 0 Å². The molecule has 0 atom stereocenters. The van der Waals surface area contributed by atoms with Crippen molar-refractivity contribution in [1.29, 1.82) is 0 Å². The Labute approximate surface area is 70.7 Å². The van der Waals surface area contributed by atoms with Crippen molar-refractivity contribution in [2.75, 3.05) is 13.3 Å². The van der Waals surface area contributed by atoms with Gasteiger partial charge < -0.3 is 0 Å². The van der Waals surface area contributed by atoms with Crippen molar-refractivity contribution >= 4 is 7.26 Å². The average Bonchev–Trinajstić information content (AvgIpc) is 2.06. The molecular formula is C10H18P+. The first kappa shape index (κ1) is 9.00. The normalized spacial score (nSPS) is 23.5. The summed E-state index contributed by atoms with van der Waals surface area (Å²) in [6, 6.07) is 0. The van der Waals surface area contributed by atoms with E-state index in [2.05, 4.69) is 41.0 Å². The smallest absolute Gasteiger partial charge is 0.0358 e. The van der Waals surface area contributed by atoms with Crippen molar-refractivity contribution in [3.63, 3.8) is 0 Å². The van der Waals surface area contributed by atoms with Gasteiger partial charge >= 0.3 is 0 Å². The summed E-state index contributed by atoms with van der Waals surface area (Å²) in [5.74, 6) is 0. The third kappa shape index (κ3) is 1.08. The van der Waals surface area contributed by atoms with Gasteiger partial charge in [-0.25, -0.2) is 0 Å². The van der Waals surface area contributed by atoms with Gasteiger partial charge in [0.2, 0.25) is 0 Å². The van der Waals surface area contributed by atoms with E-state index in [0.29, 0.717) is 0 Å². The van der Waals surface area contributed by atoms with Gasteiger partial charge in [-0.1, -0.05) is 0 Å². The molecule has 0 N–H and O–H groups in total. The third-order valence-corrected chi connectivity index (χ3v) is 7.35. The maximum absolute atomic E-state index is 2.41. The van der Waals surface area contributed by atoms with Crippen molar-refractivity contribution in [3.05, 3.63) is 21.8 Å². The Hall–Kier alpha value is -0.0900. The lowest BCUT2D eigenvalue weighted by Gasteiger charge is -2.13. The molecule has 0 amide bonds. The maximum atomic E-state index is 2.41. The highest BCUT2D eigenvalue weighted by Gasteiger charge is 2.39. The Morgan fingerprint density at radius 2 is 1.00 bits per heavy atom. The van der Waals surface area contributed by atoms with Gasteiger partial charge in [-0.05, 0) is 38.8 Å². The zero-order chi connectivity index (χ0) is 8.81. The minimum Gasteiger partial charge on any atom is -0.0358 e. The van der Waals surface area contributed by atoms with Crippen LogP contribution in [0.3, 0.4) is 0 Å². The lowest BCUT2D eigenvalue weighted by molar-refractivity contribution is 1.31. The highest BCUT2D eigenvalue weighted by atomic mass is 31.2.